The Morgan fingerprint density at radius 1 is 1.25 bits per heavy atom. The van der Waals surface area contributed by atoms with Crippen LogP contribution in [0.1, 0.15) is 9.88 Å². The molecule has 0 aliphatic heterocycles. The van der Waals surface area contributed by atoms with Gasteiger partial charge in [-0.3, -0.25) is 0 Å². The average Bonchev–Trinajstić information content (AvgIpc) is 3.06. The predicted molar refractivity (Wildman–Crippen MR) is 88.3 cm³/mol. The minimum atomic E-state index is 0.753. The van der Waals surface area contributed by atoms with Crippen LogP contribution in [0.5, 0.6) is 0 Å². The van der Waals surface area contributed by atoms with Crippen molar-refractivity contribution in [2.45, 2.75) is 13.5 Å². The summed E-state index contributed by atoms with van der Waals surface area (Å²) in [5, 5.41) is 8.60. The first kappa shape index (κ1) is 13.1. The van der Waals surface area contributed by atoms with E-state index in [1.165, 1.54) is 4.88 Å². The van der Waals surface area contributed by atoms with Gasteiger partial charge in [-0.05, 0) is 30.5 Å². The van der Waals surface area contributed by atoms with Crippen LogP contribution in [0.2, 0.25) is 0 Å². The van der Waals surface area contributed by atoms with Crippen molar-refractivity contribution in [3.63, 3.8) is 0 Å². The molecule has 3 rings (SSSR count). The fraction of sp³-hybridized carbons (Fsp3) is 0.133. The van der Waals surface area contributed by atoms with Crippen LogP contribution < -0.4 is 11.1 Å². The van der Waals surface area contributed by atoms with Gasteiger partial charge in [0.05, 0.1) is 17.2 Å². The third-order valence-electron chi connectivity index (χ3n) is 3.01. The summed E-state index contributed by atoms with van der Waals surface area (Å²) in [7, 11) is 0. The van der Waals surface area contributed by atoms with Gasteiger partial charge in [0, 0.05) is 27.2 Å². The second-order valence-electron chi connectivity index (χ2n) is 4.49. The standard InChI is InChI=1S/C15H15N3S2/c1-10-18-14(9-20-10)11-3-2-4-12(7-11)17-8-15-13(16)5-6-19-15/h2-7,9,17H,8,16H2,1H3. The molecular weight excluding hydrogens is 286 g/mol. The zero-order valence-electron chi connectivity index (χ0n) is 11.1. The SMILES string of the molecule is Cc1nc(-c2cccc(NCc3sccc3N)c2)cs1. The van der Waals surface area contributed by atoms with Crippen molar-refractivity contribution in [1.29, 1.82) is 0 Å². The van der Waals surface area contributed by atoms with E-state index in [-0.39, 0.29) is 0 Å². The van der Waals surface area contributed by atoms with Gasteiger partial charge in [0.2, 0.25) is 0 Å². The van der Waals surface area contributed by atoms with E-state index >= 15 is 0 Å². The molecular formula is C15H15N3S2. The molecule has 2 heterocycles. The summed E-state index contributed by atoms with van der Waals surface area (Å²) in [5.74, 6) is 0. The van der Waals surface area contributed by atoms with Gasteiger partial charge < -0.3 is 11.1 Å². The Bertz CT molecular complexity index is 715. The fourth-order valence-electron chi connectivity index (χ4n) is 1.96. The number of rotatable bonds is 4. The minimum absolute atomic E-state index is 0.753. The zero-order chi connectivity index (χ0) is 13.9. The largest absolute Gasteiger partial charge is 0.398 e. The number of thiophene rings is 1. The van der Waals surface area contributed by atoms with Crippen LogP contribution >= 0.6 is 22.7 Å². The quantitative estimate of drug-likeness (QED) is 0.752. The first-order chi connectivity index (χ1) is 9.72. The number of aromatic nitrogens is 1. The highest BCUT2D eigenvalue weighted by Gasteiger charge is 2.04. The summed E-state index contributed by atoms with van der Waals surface area (Å²) >= 11 is 3.35. The number of anilines is 2. The molecule has 102 valence electrons. The molecule has 0 saturated carbocycles. The lowest BCUT2D eigenvalue weighted by atomic mass is 10.1. The summed E-state index contributed by atoms with van der Waals surface area (Å²) in [6.07, 6.45) is 0. The molecule has 0 aliphatic carbocycles. The van der Waals surface area contributed by atoms with Crippen molar-refractivity contribution in [2.75, 3.05) is 11.1 Å². The summed E-state index contributed by atoms with van der Waals surface area (Å²) in [5.41, 5.74) is 10.0. The number of thiazole rings is 1. The van der Waals surface area contributed by atoms with Crippen LogP contribution in [0.25, 0.3) is 11.3 Å². The molecule has 2 aromatic heterocycles. The first-order valence-corrected chi connectivity index (χ1v) is 8.06. The van der Waals surface area contributed by atoms with E-state index in [9.17, 15) is 0 Å². The summed E-state index contributed by atoms with van der Waals surface area (Å²) in [6.45, 7) is 2.78. The van der Waals surface area contributed by atoms with Crippen LogP contribution in [0, 0.1) is 6.92 Å². The van der Waals surface area contributed by atoms with Gasteiger partial charge >= 0.3 is 0 Å². The number of nitrogens with two attached hydrogens (primary N) is 1. The molecule has 1 aromatic carbocycles. The van der Waals surface area contributed by atoms with Gasteiger partial charge in [0.1, 0.15) is 0 Å². The lowest BCUT2D eigenvalue weighted by Gasteiger charge is -2.07. The molecule has 0 spiro atoms. The Morgan fingerprint density at radius 2 is 2.15 bits per heavy atom. The van der Waals surface area contributed by atoms with Crippen LogP contribution in [0.3, 0.4) is 0 Å². The van der Waals surface area contributed by atoms with E-state index in [2.05, 4.69) is 33.9 Å². The Morgan fingerprint density at radius 3 is 2.85 bits per heavy atom. The molecule has 0 atom stereocenters. The Balaban J connectivity index is 1.76. The van der Waals surface area contributed by atoms with Gasteiger partial charge in [-0.1, -0.05) is 12.1 Å². The second-order valence-corrected chi connectivity index (χ2v) is 6.55. The topological polar surface area (TPSA) is 50.9 Å². The van der Waals surface area contributed by atoms with Gasteiger partial charge in [0.15, 0.2) is 0 Å². The van der Waals surface area contributed by atoms with Gasteiger partial charge in [0.25, 0.3) is 0 Å². The Kier molecular flexibility index (Phi) is 3.71. The monoisotopic (exact) mass is 301 g/mol. The van der Waals surface area contributed by atoms with E-state index in [0.29, 0.717) is 0 Å². The van der Waals surface area contributed by atoms with Crippen molar-refractivity contribution >= 4 is 34.0 Å². The molecule has 3 nitrogen and oxygen atoms in total. The highest BCUT2D eigenvalue weighted by molar-refractivity contribution is 7.10. The van der Waals surface area contributed by atoms with Gasteiger partial charge in [-0.15, -0.1) is 22.7 Å². The Hall–Kier alpha value is -1.85. The number of hydrogen-bond donors (Lipinski definition) is 2. The normalized spacial score (nSPS) is 10.7. The number of nitrogens with zero attached hydrogens (tertiary/aromatic N) is 1. The van der Waals surface area contributed by atoms with Crippen LogP contribution in [-0.4, -0.2) is 4.98 Å². The number of hydrogen-bond acceptors (Lipinski definition) is 5. The van der Waals surface area contributed by atoms with Crippen LogP contribution in [0.4, 0.5) is 11.4 Å². The van der Waals surface area contributed by atoms with E-state index in [1.807, 2.05) is 24.4 Å². The molecule has 0 saturated heterocycles. The molecule has 0 radical (unpaired) electrons. The summed E-state index contributed by atoms with van der Waals surface area (Å²) < 4.78 is 0. The molecule has 0 unspecified atom stereocenters. The lowest BCUT2D eigenvalue weighted by molar-refractivity contribution is 1.19. The van der Waals surface area contributed by atoms with E-state index in [1.54, 1.807) is 22.7 Å². The maximum Gasteiger partial charge on any atom is 0.0901 e. The summed E-state index contributed by atoms with van der Waals surface area (Å²) in [6, 6.07) is 10.3. The van der Waals surface area contributed by atoms with Crippen molar-refractivity contribution < 1.29 is 0 Å². The predicted octanol–water partition coefficient (Wildman–Crippen LogP) is 4.37. The average molecular weight is 301 g/mol. The number of benzene rings is 1. The van der Waals surface area contributed by atoms with Crippen molar-refractivity contribution in [2.24, 2.45) is 0 Å². The smallest absolute Gasteiger partial charge is 0.0901 e. The fourth-order valence-corrected chi connectivity index (χ4v) is 3.32. The second kappa shape index (κ2) is 5.64. The molecule has 3 aromatic rings. The third-order valence-corrected chi connectivity index (χ3v) is 4.72. The highest BCUT2D eigenvalue weighted by atomic mass is 32.1. The molecule has 20 heavy (non-hydrogen) atoms. The van der Waals surface area contributed by atoms with Crippen LogP contribution in [0.15, 0.2) is 41.1 Å². The number of nitrogens with one attached hydrogen (secondary N) is 1. The summed E-state index contributed by atoms with van der Waals surface area (Å²) in [4.78, 5) is 5.69. The zero-order valence-corrected chi connectivity index (χ0v) is 12.7. The van der Waals surface area contributed by atoms with Crippen LogP contribution in [-0.2, 0) is 6.54 Å². The third kappa shape index (κ3) is 2.84. The molecule has 3 N–H and O–H groups in total. The molecule has 0 fully saturated rings. The maximum absolute atomic E-state index is 5.89. The van der Waals surface area contributed by atoms with E-state index in [0.717, 1.165) is 34.2 Å². The van der Waals surface area contributed by atoms with E-state index in [4.69, 9.17) is 5.73 Å². The first-order valence-electron chi connectivity index (χ1n) is 6.30. The molecule has 0 amide bonds. The number of aryl methyl sites for hydroxylation is 1. The maximum atomic E-state index is 5.89. The van der Waals surface area contributed by atoms with Gasteiger partial charge in [-0.2, -0.15) is 0 Å². The molecule has 0 aliphatic rings. The molecule has 5 heteroatoms. The van der Waals surface area contributed by atoms with E-state index < -0.39 is 0 Å². The van der Waals surface area contributed by atoms with Gasteiger partial charge in [-0.25, -0.2) is 4.98 Å². The molecule has 0 bridgehead atoms. The van der Waals surface area contributed by atoms with Crippen molar-refractivity contribution in [1.82, 2.24) is 4.98 Å². The van der Waals surface area contributed by atoms with Crippen molar-refractivity contribution in [3.8, 4) is 11.3 Å². The Labute approximate surface area is 126 Å². The van der Waals surface area contributed by atoms with Crippen molar-refractivity contribution in [3.05, 3.63) is 51.0 Å². The minimum Gasteiger partial charge on any atom is -0.398 e. The number of nitrogen functional groups attached to an aromatic ring is 1. The highest BCUT2D eigenvalue weighted by Crippen LogP contribution is 2.25. The lowest BCUT2D eigenvalue weighted by Crippen LogP contribution is -1.99.